The first kappa shape index (κ1) is 18.8. The van der Waals surface area contributed by atoms with Gasteiger partial charge in [0.2, 0.25) is 0 Å². The van der Waals surface area contributed by atoms with Gasteiger partial charge in [0.05, 0.1) is 6.10 Å². The number of ether oxygens (including phenoxy) is 1. The third-order valence-corrected chi connectivity index (χ3v) is 3.74. The van der Waals surface area contributed by atoms with Gasteiger partial charge in [-0.2, -0.15) is 0 Å². The molecule has 0 unspecified atom stereocenters. The Morgan fingerprint density at radius 2 is 1.92 bits per heavy atom. The van der Waals surface area contributed by atoms with E-state index < -0.39 is 23.2 Å². The maximum absolute atomic E-state index is 12.4. The van der Waals surface area contributed by atoms with E-state index in [0.717, 1.165) is 0 Å². The van der Waals surface area contributed by atoms with Crippen LogP contribution in [0, 0.1) is 0 Å². The third-order valence-electron chi connectivity index (χ3n) is 3.45. The minimum atomic E-state index is -1.53. The second kappa shape index (κ2) is 6.76. The molecule has 1 aromatic heterocycles. The molecule has 0 saturated heterocycles. The molecule has 0 radical (unpaired) electrons. The highest BCUT2D eigenvalue weighted by Crippen LogP contribution is 2.34. The average molecular weight is 367 g/mol. The fraction of sp³-hybridized carbons (Fsp3) is 0.353. The summed E-state index contributed by atoms with van der Waals surface area (Å²) in [4.78, 5) is 27.4. The highest BCUT2D eigenvalue weighted by atomic mass is 35.5. The predicted octanol–water partition coefficient (Wildman–Crippen LogP) is 2.97. The first-order chi connectivity index (χ1) is 11.5. The monoisotopic (exact) mass is 366 g/mol. The number of aromatic hydroxyl groups is 1. The van der Waals surface area contributed by atoms with E-state index in [1.807, 2.05) is 13.8 Å². The molecule has 0 aliphatic rings. The lowest BCUT2D eigenvalue weighted by molar-refractivity contribution is -0.143. The zero-order chi connectivity index (χ0) is 18.9. The number of nitrogens with one attached hydrogen (secondary N) is 1. The van der Waals surface area contributed by atoms with Crippen LogP contribution in [0.4, 0.5) is 0 Å². The zero-order valence-electron chi connectivity index (χ0n) is 14.3. The van der Waals surface area contributed by atoms with Crippen LogP contribution < -0.4 is 10.1 Å². The Balaban J connectivity index is 2.52. The largest absolute Gasteiger partial charge is 0.505 e. The SMILES string of the molecule is CC(C)Oc1ccc2c(Cl)nc(C(=O)NC(C)(C)C(=O)O)c(O)c2c1. The van der Waals surface area contributed by atoms with Crippen LogP contribution in [0.1, 0.15) is 38.2 Å². The molecule has 0 aliphatic carbocycles. The molecular formula is C17H19ClN2O5. The number of benzene rings is 1. The molecule has 0 spiro atoms. The number of hydrogen-bond acceptors (Lipinski definition) is 5. The Kier molecular flexibility index (Phi) is 5.08. The first-order valence-corrected chi connectivity index (χ1v) is 7.95. The van der Waals surface area contributed by atoms with Crippen molar-refractivity contribution < 1.29 is 24.5 Å². The summed E-state index contributed by atoms with van der Waals surface area (Å²) < 4.78 is 5.58. The van der Waals surface area contributed by atoms with Gasteiger partial charge in [-0.25, -0.2) is 9.78 Å². The molecule has 1 heterocycles. The number of pyridine rings is 1. The van der Waals surface area contributed by atoms with Gasteiger partial charge in [0.15, 0.2) is 11.4 Å². The lowest BCUT2D eigenvalue weighted by atomic mass is 10.1. The number of carbonyl (C=O) groups is 2. The molecule has 1 aromatic carbocycles. The number of hydrogen-bond donors (Lipinski definition) is 3. The van der Waals surface area contributed by atoms with Crippen molar-refractivity contribution in [3.8, 4) is 11.5 Å². The minimum absolute atomic E-state index is 0.0159. The van der Waals surface area contributed by atoms with Crippen molar-refractivity contribution in [1.82, 2.24) is 10.3 Å². The van der Waals surface area contributed by atoms with Crippen LogP contribution in [-0.4, -0.2) is 38.7 Å². The quantitative estimate of drug-likeness (QED) is 0.702. The Morgan fingerprint density at radius 1 is 1.28 bits per heavy atom. The molecule has 1 amide bonds. The molecule has 0 fully saturated rings. The van der Waals surface area contributed by atoms with Crippen LogP contribution in [0.2, 0.25) is 5.15 Å². The van der Waals surface area contributed by atoms with E-state index in [1.165, 1.54) is 13.8 Å². The predicted molar refractivity (Wildman–Crippen MR) is 93.4 cm³/mol. The third kappa shape index (κ3) is 3.93. The van der Waals surface area contributed by atoms with Crippen LogP contribution in [0.15, 0.2) is 18.2 Å². The molecule has 8 heteroatoms. The van der Waals surface area contributed by atoms with Gasteiger partial charge in [-0.1, -0.05) is 11.6 Å². The van der Waals surface area contributed by atoms with E-state index in [4.69, 9.17) is 21.4 Å². The molecule has 134 valence electrons. The maximum Gasteiger partial charge on any atom is 0.328 e. The van der Waals surface area contributed by atoms with Crippen LogP contribution in [0.3, 0.4) is 0 Å². The van der Waals surface area contributed by atoms with Gasteiger partial charge in [-0.05, 0) is 45.9 Å². The molecule has 7 nitrogen and oxygen atoms in total. The standard InChI is InChI=1S/C17H19ClN2O5/c1-8(2)25-9-5-6-10-11(7-9)13(21)12(19-14(10)18)15(22)20-17(3,4)16(23)24/h5-8,21H,1-4H3,(H,20,22)(H,23,24). The van der Waals surface area contributed by atoms with Crippen molar-refractivity contribution in [3.63, 3.8) is 0 Å². The summed E-state index contributed by atoms with van der Waals surface area (Å²) in [6.45, 7) is 6.36. The van der Waals surface area contributed by atoms with Crippen molar-refractivity contribution in [1.29, 1.82) is 0 Å². The topological polar surface area (TPSA) is 109 Å². The zero-order valence-corrected chi connectivity index (χ0v) is 15.0. The number of rotatable bonds is 5. The van der Waals surface area contributed by atoms with Gasteiger partial charge in [-0.3, -0.25) is 4.79 Å². The van der Waals surface area contributed by atoms with Crippen molar-refractivity contribution in [2.75, 3.05) is 0 Å². The number of carboxylic acid groups (broad SMARTS) is 1. The van der Waals surface area contributed by atoms with Crippen molar-refractivity contribution in [2.45, 2.75) is 39.3 Å². The summed E-state index contributed by atoms with van der Waals surface area (Å²) in [6.07, 6.45) is -0.0731. The Morgan fingerprint density at radius 3 is 2.48 bits per heavy atom. The van der Waals surface area contributed by atoms with E-state index in [9.17, 15) is 14.7 Å². The number of carboxylic acids is 1. The number of aromatic nitrogens is 1. The van der Waals surface area contributed by atoms with Crippen LogP contribution in [-0.2, 0) is 4.79 Å². The summed E-state index contributed by atoms with van der Waals surface area (Å²) >= 11 is 6.11. The Hall–Kier alpha value is -2.54. The van der Waals surface area contributed by atoms with Gasteiger partial charge < -0.3 is 20.3 Å². The maximum atomic E-state index is 12.4. The Bertz CT molecular complexity index is 849. The summed E-state index contributed by atoms with van der Waals surface area (Å²) in [5, 5.41) is 22.6. The molecule has 25 heavy (non-hydrogen) atoms. The average Bonchev–Trinajstić information content (AvgIpc) is 2.49. The van der Waals surface area contributed by atoms with Gasteiger partial charge in [-0.15, -0.1) is 0 Å². The molecule has 0 bridgehead atoms. The van der Waals surface area contributed by atoms with E-state index in [2.05, 4.69) is 10.3 Å². The summed E-state index contributed by atoms with van der Waals surface area (Å²) in [6, 6.07) is 4.87. The summed E-state index contributed by atoms with van der Waals surface area (Å²) in [5.41, 5.74) is -1.89. The molecular weight excluding hydrogens is 348 g/mol. The lowest BCUT2D eigenvalue weighted by Gasteiger charge is -2.21. The Labute approximate surface area is 149 Å². The summed E-state index contributed by atoms with van der Waals surface area (Å²) in [7, 11) is 0. The first-order valence-electron chi connectivity index (χ1n) is 7.57. The van der Waals surface area contributed by atoms with E-state index in [-0.39, 0.29) is 22.3 Å². The number of aliphatic carboxylic acids is 1. The van der Waals surface area contributed by atoms with Crippen LogP contribution in [0.5, 0.6) is 11.5 Å². The van der Waals surface area contributed by atoms with Gasteiger partial charge in [0, 0.05) is 10.8 Å². The van der Waals surface area contributed by atoms with Gasteiger partial charge in [0.1, 0.15) is 16.4 Å². The van der Waals surface area contributed by atoms with Crippen molar-refractivity contribution in [3.05, 3.63) is 29.0 Å². The summed E-state index contributed by atoms with van der Waals surface area (Å²) in [5.74, 6) is -1.96. The van der Waals surface area contributed by atoms with E-state index in [0.29, 0.717) is 11.1 Å². The highest BCUT2D eigenvalue weighted by molar-refractivity contribution is 6.35. The smallest absolute Gasteiger partial charge is 0.328 e. The van der Waals surface area contributed by atoms with Gasteiger partial charge in [0.25, 0.3) is 5.91 Å². The van der Waals surface area contributed by atoms with Crippen molar-refractivity contribution >= 4 is 34.2 Å². The van der Waals surface area contributed by atoms with Gasteiger partial charge >= 0.3 is 5.97 Å². The molecule has 2 aromatic rings. The number of carbonyl (C=O) groups excluding carboxylic acids is 1. The fourth-order valence-electron chi connectivity index (χ4n) is 2.14. The number of nitrogens with zero attached hydrogens (tertiary/aromatic N) is 1. The molecule has 0 saturated carbocycles. The highest BCUT2D eigenvalue weighted by Gasteiger charge is 2.31. The number of halogens is 1. The van der Waals surface area contributed by atoms with E-state index in [1.54, 1.807) is 18.2 Å². The minimum Gasteiger partial charge on any atom is -0.505 e. The number of amides is 1. The van der Waals surface area contributed by atoms with E-state index >= 15 is 0 Å². The van der Waals surface area contributed by atoms with Crippen molar-refractivity contribution in [2.24, 2.45) is 0 Å². The number of fused-ring (bicyclic) bond motifs is 1. The lowest BCUT2D eigenvalue weighted by Crippen LogP contribution is -2.49. The molecule has 2 rings (SSSR count). The molecule has 3 N–H and O–H groups in total. The molecule has 0 atom stereocenters. The second-order valence-electron chi connectivity index (χ2n) is 6.36. The normalized spacial score (nSPS) is 11.6. The molecule has 0 aliphatic heterocycles. The fourth-order valence-corrected chi connectivity index (χ4v) is 2.39. The van der Waals surface area contributed by atoms with Crippen LogP contribution >= 0.6 is 11.6 Å². The van der Waals surface area contributed by atoms with Crippen LogP contribution in [0.25, 0.3) is 10.8 Å². The second-order valence-corrected chi connectivity index (χ2v) is 6.72.